The van der Waals surface area contributed by atoms with E-state index in [9.17, 15) is 0 Å². The number of halogens is 1. The Morgan fingerprint density at radius 3 is 2.80 bits per heavy atom. The van der Waals surface area contributed by atoms with Crippen molar-refractivity contribution in [1.82, 2.24) is 5.32 Å². The Morgan fingerprint density at radius 2 is 1.95 bits per heavy atom. The second-order valence-corrected chi connectivity index (χ2v) is 6.11. The predicted octanol–water partition coefficient (Wildman–Crippen LogP) is 3.20. The third-order valence-corrected chi connectivity index (χ3v) is 4.81. The lowest BCUT2D eigenvalue weighted by atomic mass is 9.84. The van der Waals surface area contributed by atoms with Crippen molar-refractivity contribution < 1.29 is 0 Å². The summed E-state index contributed by atoms with van der Waals surface area (Å²) < 4.78 is 0. The first-order chi connectivity index (χ1) is 9.79. The van der Waals surface area contributed by atoms with E-state index in [0.29, 0.717) is 0 Å². The van der Waals surface area contributed by atoms with Crippen LogP contribution in [-0.4, -0.2) is 19.6 Å². The van der Waals surface area contributed by atoms with Crippen LogP contribution in [0.4, 0.5) is 5.69 Å². The largest absolute Gasteiger partial charge is 0.359 e. The fourth-order valence-corrected chi connectivity index (χ4v) is 3.88. The summed E-state index contributed by atoms with van der Waals surface area (Å²) in [6.07, 6.45) is 1.03. The zero-order valence-electron chi connectivity index (χ0n) is 11.3. The highest BCUT2D eigenvalue weighted by Crippen LogP contribution is 2.46. The molecule has 0 radical (unpaired) electrons. The van der Waals surface area contributed by atoms with Crippen molar-refractivity contribution in [2.75, 3.05) is 24.5 Å². The molecular formula is C17H17ClN2. The number of hydrogen-bond acceptors (Lipinski definition) is 2. The van der Waals surface area contributed by atoms with Gasteiger partial charge in [-0.3, -0.25) is 0 Å². The van der Waals surface area contributed by atoms with E-state index in [1.165, 1.54) is 16.8 Å². The fraction of sp³-hybridized carbons (Fsp3) is 0.294. The van der Waals surface area contributed by atoms with Gasteiger partial charge in [0.1, 0.15) is 0 Å². The average molecular weight is 285 g/mol. The van der Waals surface area contributed by atoms with Gasteiger partial charge in [-0.15, -0.1) is 0 Å². The third-order valence-electron chi connectivity index (χ3n) is 4.57. The van der Waals surface area contributed by atoms with E-state index in [0.717, 1.165) is 31.1 Å². The van der Waals surface area contributed by atoms with Crippen LogP contribution in [0.5, 0.6) is 0 Å². The van der Waals surface area contributed by atoms with Crippen LogP contribution in [0.25, 0.3) is 0 Å². The number of hydrogen-bond donors (Lipinski definition) is 1. The Balaban J connectivity index is 1.87. The van der Waals surface area contributed by atoms with Crippen molar-refractivity contribution in [2.45, 2.75) is 12.0 Å². The monoisotopic (exact) mass is 284 g/mol. The minimum absolute atomic E-state index is 0.0481. The molecule has 2 aromatic carbocycles. The van der Waals surface area contributed by atoms with Crippen LogP contribution in [0, 0.1) is 0 Å². The Morgan fingerprint density at radius 1 is 1.10 bits per heavy atom. The molecule has 20 heavy (non-hydrogen) atoms. The van der Waals surface area contributed by atoms with Crippen LogP contribution < -0.4 is 10.2 Å². The molecule has 0 spiro atoms. The molecule has 0 unspecified atom stereocenters. The zero-order chi connectivity index (χ0) is 13.6. The molecule has 0 aliphatic carbocycles. The smallest absolute Gasteiger partial charge is 0.0819 e. The normalized spacial score (nSPS) is 24.4. The molecule has 1 atom stereocenters. The van der Waals surface area contributed by atoms with Gasteiger partial charge in [0.2, 0.25) is 0 Å². The van der Waals surface area contributed by atoms with Gasteiger partial charge < -0.3 is 10.2 Å². The molecule has 1 fully saturated rings. The number of fused-ring (bicyclic) bond motifs is 3. The number of rotatable bonds is 1. The molecule has 0 saturated carbocycles. The Labute approximate surface area is 124 Å². The predicted molar refractivity (Wildman–Crippen MR) is 83.5 cm³/mol. The third kappa shape index (κ3) is 1.68. The van der Waals surface area contributed by atoms with Crippen molar-refractivity contribution in [3.63, 3.8) is 0 Å². The summed E-state index contributed by atoms with van der Waals surface area (Å²) in [6.45, 7) is 3.07. The highest BCUT2D eigenvalue weighted by atomic mass is 35.5. The Bertz CT molecular complexity index is 641. The summed E-state index contributed by atoms with van der Waals surface area (Å²) in [4.78, 5) is 2.56. The molecule has 2 aliphatic heterocycles. The highest BCUT2D eigenvalue weighted by Gasteiger charge is 2.46. The van der Waals surface area contributed by atoms with Gasteiger partial charge in [-0.2, -0.15) is 0 Å². The molecule has 0 amide bonds. The van der Waals surface area contributed by atoms with Crippen LogP contribution in [0.15, 0.2) is 48.5 Å². The van der Waals surface area contributed by atoms with Gasteiger partial charge in [-0.25, -0.2) is 0 Å². The number of nitrogens with one attached hydrogen (secondary N) is 1. The van der Waals surface area contributed by atoms with Gasteiger partial charge in [-0.05, 0) is 29.3 Å². The van der Waals surface area contributed by atoms with Gasteiger partial charge >= 0.3 is 0 Å². The van der Waals surface area contributed by atoms with Gasteiger partial charge in [0.05, 0.1) is 5.54 Å². The first-order valence-electron chi connectivity index (χ1n) is 7.12. The van der Waals surface area contributed by atoms with E-state index in [2.05, 4.69) is 52.7 Å². The second kappa shape index (κ2) is 4.51. The minimum atomic E-state index is 0.0481. The average Bonchev–Trinajstić information content (AvgIpc) is 2.82. The lowest BCUT2D eigenvalue weighted by molar-refractivity contribution is 0.350. The highest BCUT2D eigenvalue weighted by molar-refractivity contribution is 6.30. The molecule has 0 aromatic heterocycles. The van der Waals surface area contributed by atoms with Gasteiger partial charge in [-0.1, -0.05) is 41.9 Å². The number of piperazine rings is 1. The van der Waals surface area contributed by atoms with Crippen LogP contribution >= 0.6 is 11.6 Å². The van der Waals surface area contributed by atoms with Crippen LogP contribution in [0.1, 0.15) is 11.1 Å². The van der Waals surface area contributed by atoms with E-state index in [1.807, 2.05) is 6.07 Å². The maximum Gasteiger partial charge on any atom is 0.0819 e. The van der Waals surface area contributed by atoms with Crippen LogP contribution in [0.2, 0.25) is 5.02 Å². The Kier molecular flexibility index (Phi) is 2.76. The van der Waals surface area contributed by atoms with E-state index in [-0.39, 0.29) is 5.54 Å². The van der Waals surface area contributed by atoms with Crippen molar-refractivity contribution in [3.05, 3.63) is 64.7 Å². The summed E-state index contributed by atoms with van der Waals surface area (Å²) in [5.74, 6) is 0. The van der Waals surface area contributed by atoms with E-state index < -0.39 is 0 Å². The zero-order valence-corrected chi connectivity index (χ0v) is 12.0. The number of nitrogens with zero attached hydrogens (tertiary/aromatic N) is 1. The van der Waals surface area contributed by atoms with Crippen molar-refractivity contribution >= 4 is 17.3 Å². The standard InChI is InChI=1S/C17H17ClN2/c18-15-6-7-16-13(10-15)11-17(12-19-8-9-20(16)17)14-4-2-1-3-5-14/h1-7,10,19H,8-9,11-12H2/t17-/m1/s1. The summed E-state index contributed by atoms with van der Waals surface area (Å²) in [6, 6.07) is 17.1. The summed E-state index contributed by atoms with van der Waals surface area (Å²) in [5.41, 5.74) is 4.15. The number of benzene rings is 2. The molecule has 2 aliphatic rings. The van der Waals surface area contributed by atoms with Crippen LogP contribution in [-0.2, 0) is 12.0 Å². The molecular weight excluding hydrogens is 268 g/mol. The lowest BCUT2D eigenvalue weighted by Gasteiger charge is -2.45. The first kappa shape index (κ1) is 12.2. The molecule has 2 aromatic rings. The fourth-order valence-electron chi connectivity index (χ4n) is 3.69. The number of anilines is 1. The van der Waals surface area contributed by atoms with E-state index in [1.54, 1.807) is 0 Å². The van der Waals surface area contributed by atoms with Crippen molar-refractivity contribution in [2.24, 2.45) is 0 Å². The molecule has 1 saturated heterocycles. The molecule has 1 N–H and O–H groups in total. The maximum absolute atomic E-state index is 6.18. The van der Waals surface area contributed by atoms with Crippen molar-refractivity contribution in [3.8, 4) is 0 Å². The summed E-state index contributed by atoms with van der Waals surface area (Å²) in [5, 5.41) is 4.40. The minimum Gasteiger partial charge on any atom is -0.359 e. The lowest BCUT2D eigenvalue weighted by Crippen LogP contribution is -2.57. The van der Waals surface area contributed by atoms with Gasteiger partial charge in [0, 0.05) is 36.8 Å². The summed E-state index contributed by atoms with van der Waals surface area (Å²) >= 11 is 6.18. The molecule has 4 rings (SSSR count). The first-order valence-corrected chi connectivity index (χ1v) is 7.50. The quantitative estimate of drug-likeness (QED) is 0.865. The summed E-state index contributed by atoms with van der Waals surface area (Å²) in [7, 11) is 0. The molecule has 0 bridgehead atoms. The van der Waals surface area contributed by atoms with Gasteiger partial charge in [0.15, 0.2) is 0 Å². The molecule has 3 heteroatoms. The molecule has 2 nitrogen and oxygen atoms in total. The van der Waals surface area contributed by atoms with E-state index in [4.69, 9.17) is 11.6 Å². The van der Waals surface area contributed by atoms with Gasteiger partial charge in [0.25, 0.3) is 0 Å². The molecule has 2 heterocycles. The second-order valence-electron chi connectivity index (χ2n) is 5.68. The molecule has 102 valence electrons. The van der Waals surface area contributed by atoms with E-state index >= 15 is 0 Å². The Hall–Kier alpha value is -1.51. The van der Waals surface area contributed by atoms with Crippen molar-refractivity contribution in [1.29, 1.82) is 0 Å². The van der Waals surface area contributed by atoms with Crippen LogP contribution in [0.3, 0.4) is 0 Å². The maximum atomic E-state index is 6.18. The SMILES string of the molecule is Clc1ccc2c(c1)C[C@]1(c3ccccc3)CNCCN21. The topological polar surface area (TPSA) is 15.3 Å².